The summed E-state index contributed by atoms with van der Waals surface area (Å²) >= 11 is 0. The molecule has 5 nitrogen and oxygen atoms in total. The van der Waals surface area contributed by atoms with E-state index in [0.717, 1.165) is 30.8 Å². The summed E-state index contributed by atoms with van der Waals surface area (Å²) in [6, 6.07) is 7.70. The van der Waals surface area contributed by atoms with Crippen LogP contribution in [0.3, 0.4) is 0 Å². The van der Waals surface area contributed by atoms with Crippen LogP contribution in [0.15, 0.2) is 24.3 Å². The first kappa shape index (κ1) is 16.5. The van der Waals surface area contributed by atoms with E-state index in [1.165, 1.54) is 6.42 Å². The molecular weight excluding hydrogens is 278 g/mol. The van der Waals surface area contributed by atoms with Crippen LogP contribution in [0, 0.1) is 5.92 Å². The molecule has 2 rings (SSSR count). The summed E-state index contributed by atoms with van der Waals surface area (Å²) in [5.74, 6) is -0.0305. The van der Waals surface area contributed by atoms with Crippen LogP contribution in [-0.2, 0) is 9.59 Å². The van der Waals surface area contributed by atoms with Crippen molar-refractivity contribution in [3.05, 3.63) is 24.3 Å². The molecule has 1 aliphatic rings. The number of anilines is 2. The number of hydrogen-bond acceptors (Lipinski definition) is 3. The maximum absolute atomic E-state index is 11.9. The van der Waals surface area contributed by atoms with Crippen molar-refractivity contribution in [2.75, 3.05) is 17.2 Å². The Morgan fingerprint density at radius 2 is 1.82 bits per heavy atom. The highest BCUT2D eigenvalue weighted by molar-refractivity contribution is 5.93. The third-order valence-electron chi connectivity index (χ3n) is 3.84. The van der Waals surface area contributed by atoms with Crippen LogP contribution >= 0.6 is 0 Å². The second-order valence-electron chi connectivity index (χ2n) is 6.10. The Hall–Kier alpha value is -1.88. The van der Waals surface area contributed by atoms with Gasteiger partial charge in [0.05, 0.1) is 0 Å². The quantitative estimate of drug-likeness (QED) is 0.757. The topological polar surface area (TPSA) is 70.2 Å². The van der Waals surface area contributed by atoms with Gasteiger partial charge in [-0.1, -0.05) is 13.8 Å². The van der Waals surface area contributed by atoms with Crippen molar-refractivity contribution in [3.63, 3.8) is 0 Å². The van der Waals surface area contributed by atoms with Gasteiger partial charge < -0.3 is 16.0 Å². The number of rotatable bonds is 6. The Balaban J connectivity index is 1.77. The van der Waals surface area contributed by atoms with E-state index in [2.05, 4.69) is 16.0 Å². The summed E-state index contributed by atoms with van der Waals surface area (Å²) in [5.41, 5.74) is 1.50. The molecule has 0 spiro atoms. The molecule has 1 unspecified atom stereocenters. The van der Waals surface area contributed by atoms with Gasteiger partial charge in [-0.2, -0.15) is 0 Å². The lowest BCUT2D eigenvalue weighted by Gasteiger charge is -2.11. The second-order valence-corrected chi connectivity index (χ2v) is 6.10. The molecule has 1 saturated heterocycles. The van der Waals surface area contributed by atoms with Crippen molar-refractivity contribution in [2.45, 2.75) is 45.6 Å². The number of benzene rings is 1. The van der Waals surface area contributed by atoms with Gasteiger partial charge in [-0.05, 0) is 50.1 Å². The predicted octanol–water partition coefficient (Wildman–Crippen LogP) is 2.75. The predicted molar refractivity (Wildman–Crippen MR) is 88.8 cm³/mol. The molecule has 1 aliphatic heterocycles. The number of nitrogens with one attached hydrogen (secondary N) is 3. The number of carbonyl (C=O) groups excluding carboxylic acids is 2. The highest BCUT2D eigenvalue weighted by atomic mass is 16.2. The Morgan fingerprint density at radius 3 is 2.36 bits per heavy atom. The number of hydrogen-bond donors (Lipinski definition) is 3. The number of carbonyl (C=O) groups is 2. The Morgan fingerprint density at radius 1 is 1.18 bits per heavy atom. The zero-order valence-corrected chi connectivity index (χ0v) is 13.3. The molecule has 0 aromatic heterocycles. The van der Waals surface area contributed by atoms with E-state index in [1.54, 1.807) is 12.1 Å². The molecule has 5 heteroatoms. The van der Waals surface area contributed by atoms with E-state index < -0.39 is 0 Å². The maximum atomic E-state index is 11.9. The van der Waals surface area contributed by atoms with E-state index >= 15 is 0 Å². The van der Waals surface area contributed by atoms with E-state index in [-0.39, 0.29) is 17.7 Å². The summed E-state index contributed by atoms with van der Waals surface area (Å²) in [6.07, 6.45) is 3.78. The van der Waals surface area contributed by atoms with Gasteiger partial charge in [0.2, 0.25) is 11.8 Å². The highest BCUT2D eigenvalue weighted by Crippen LogP contribution is 2.16. The van der Waals surface area contributed by atoms with Crippen LogP contribution in [0.2, 0.25) is 0 Å². The van der Waals surface area contributed by atoms with E-state index in [1.807, 2.05) is 26.0 Å². The first-order chi connectivity index (χ1) is 10.5. The Labute approximate surface area is 131 Å². The molecular formula is C17H25N3O2. The fourth-order valence-electron chi connectivity index (χ4n) is 2.46. The lowest BCUT2D eigenvalue weighted by Crippen LogP contribution is -2.23. The summed E-state index contributed by atoms with van der Waals surface area (Å²) in [7, 11) is 0. The van der Waals surface area contributed by atoms with Gasteiger partial charge in [0.1, 0.15) is 0 Å². The van der Waals surface area contributed by atoms with Crippen molar-refractivity contribution < 1.29 is 9.59 Å². The molecule has 3 N–H and O–H groups in total. The van der Waals surface area contributed by atoms with E-state index in [9.17, 15) is 9.59 Å². The zero-order valence-electron chi connectivity index (χ0n) is 13.3. The molecule has 1 atom stereocenters. The van der Waals surface area contributed by atoms with Crippen molar-refractivity contribution in [3.8, 4) is 0 Å². The zero-order chi connectivity index (χ0) is 15.9. The van der Waals surface area contributed by atoms with Crippen LogP contribution in [0.25, 0.3) is 0 Å². The van der Waals surface area contributed by atoms with Gasteiger partial charge >= 0.3 is 0 Å². The molecule has 1 aromatic carbocycles. The summed E-state index contributed by atoms with van der Waals surface area (Å²) in [6.45, 7) is 4.77. The lowest BCUT2D eigenvalue weighted by atomic mass is 10.1. The van der Waals surface area contributed by atoms with E-state index in [0.29, 0.717) is 12.5 Å². The van der Waals surface area contributed by atoms with Crippen molar-refractivity contribution in [1.29, 1.82) is 0 Å². The molecule has 2 amide bonds. The van der Waals surface area contributed by atoms with Gasteiger partial charge in [0.25, 0.3) is 0 Å². The molecule has 0 radical (unpaired) electrons. The maximum Gasteiger partial charge on any atom is 0.226 e. The van der Waals surface area contributed by atoms with Crippen LogP contribution in [0.5, 0.6) is 0 Å². The van der Waals surface area contributed by atoms with E-state index in [4.69, 9.17) is 0 Å². The van der Waals surface area contributed by atoms with Gasteiger partial charge in [-0.3, -0.25) is 9.59 Å². The molecule has 1 fully saturated rings. The molecule has 1 heterocycles. The van der Waals surface area contributed by atoms with Crippen LogP contribution in [-0.4, -0.2) is 24.4 Å². The Kier molecular flexibility index (Phi) is 5.95. The second kappa shape index (κ2) is 7.94. The fourth-order valence-corrected chi connectivity index (χ4v) is 2.46. The largest absolute Gasteiger partial charge is 0.326 e. The van der Waals surface area contributed by atoms with Crippen molar-refractivity contribution in [1.82, 2.24) is 5.32 Å². The molecule has 0 aliphatic carbocycles. The molecule has 0 bridgehead atoms. The first-order valence-electron chi connectivity index (χ1n) is 7.99. The molecule has 22 heavy (non-hydrogen) atoms. The third-order valence-corrected chi connectivity index (χ3v) is 3.84. The first-order valence-corrected chi connectivity index (χ1v) is 7.99. The van der Waals surface area contributed by atoms with Crippen LogP contribution in [0.4, 0.5) is 11.4 Å². The van der Waals surface area contributed by atoms with Crippen molar-refractivity contribution >= 4 is 23.2 Å². The normalized spacial score (nSPS) is 17.5. The van der Waals surface area contributed by atoms with Gasteiger partial charge in [-0.15, -0.1) is 0 Å². The average molecular weight is 303 g/mol. The lowest BCUT2D eigenvalue weighted by molar-refractivity contribution is -0.119. The molecule has 120 valence electrons. The summed E-state index contributed by atoms with van der Waals surface area (Å²) in [4.78, 5) is 23.5. The molecule has 0 saturated carbocycles. The highest BCUT2D eigenvalue weighted by Gasteiger charge is 2.15. The average Bonchev–Trinajstić information content (AvgIpc) is 3.00. The monoisotopic (exact) mass is 303 g/mol. The Bertz CT molecular complexity index is 505. The summed E-state index contributed by atoms with van der Waals surface area (Å²) in [5, 5.41) is 9.10. The third kappa shape index (κ3) is 5.15. The fraction of sp³-hybridized carbons (Fsp3) is 0.529. The van der Waals surface area contributed by atoms with Gasteiger partial charge in [0, 0.05) is 29.8 Å². The smallest absolute Gasteiger partial charge is 0.226 e. The minimum absolute atomic E-state index is 0.0131. The standard InChI is InChI=1S/C17H25N3O2/c1-12(2)17(22)20-15-7-5-14(6-8-15)19-16(21)10-9-13-4-3-11-18-13/h5-8,12-13,18H,3-4,9-11H2,1-2H3,(H,19,21)(H,20,22). The van der Waals surface area contributed by atoms with Crippen LogP contribution < -0.4 is 16.0 Å². The van der Waals surface area contributed by atoms with Gasteiger partial charge in [-0.25, -0.2) is 0 Å². The van der Waals surface area contributed by atoms with Crippen LogP contribution in [0.1, 0.15) is 39.5 Å². The van der Waals surface area contributed by atoms with Gasteiger partial charge in [0.15, 0.2) is 0 Å². The minimum atomic E-state index is -0.0522. The summed E-state index contributed by atoms with van der Waals surface area (Å²) < 4.78 is 0. The minimum Gasteiger partial charge on any atom is -0.326 e. The number of amides is 2. The SMILES string of the molecule is CC(C)C(=O)Nc1ccc(NC(=O)CCC2CCCN2)cc1. The molecule has 1 aromatic rings. The van der Waals surface area contributed by atoms with Crippen molar-refractivity contribution in [2.24, 2.45) is 5.92 Å².